The van der Waals surface area contributed by atoms with Crippen LogP contribution in [0.25, 0.3) is 0 Å². The van der Waals surface area contributed by atoms with Crippen LogP contribution >= 0.6 is 11.8 Å². The summed E-state index contributed by atoms with van der Waals surface area (Å²) in [4.78, 5) is 10.7. The van der Waals surface area contributed by atoms with Gasteiger partial charge < -0.3 is 19.7 Å². The number of rotatable bonds is 3. The van der Waals surface area contributed by atoms with Crippen LogP contribution < -0.4 is 0 Å². The lowest BCUT2D eigenvalue weighted by atomic mass is 10.2. The number of ether oxygens (including phenoxy) is 2. The molecule has 82 valence electrons. The molecule has 0 spiro atoms. The van der Waals surface area contributed by atoms with Crippen molar-refractivity contribution in [1.82, 2.24) is 0 Å². The zero-order valence-electron chi connectivity index (χ0n) is 8.04. The standard InChI is InChI=1S/C8H14O5S/c1-4(9)14-3-5-6(10)7(11)8(12-2)13-5/h5-8,10-11H,3H2,1-2H3/t5-,6-,7-,8-/m1/s1. The van der Waals surface area contributed by atoms with Crippen molar-refractivity contribution in [3.05, 3.63) is 0 Å². The topological polar surface area (TPSA) is 76.0 Å². The lowest BCUT2D eigenvalue weighted by Gasteiger charge is -2.12. The molecule has 1 rings (SSSR count). The third-order valence-electron chi connectivity index (χ3n) is 2.00. The first-order chi connectivity index (χ1) is 6.56. The van der Waals surface area contributed by atoms with E-state index in [-0.39, 0.29) is 5.12 Å². The minimum atomic E-state index is -1.04. The van der Waals surface area contributed by atoms with Crippen molar-refractivity contribution in [3.63, 3.8) is 0 Å². The Morgan fingerprint density at radius 2 is 2.14 bits per heavy atom. The molecule has 0 radical (unpaired) electrons. The molecule has 0 aliphatic carbocycles. The second kappa shape index (κ2) is 5.09. The minimum Gasteiger partial charge on any atom is -0.387 e. The molecule has 0 amide bonds. The maximum atomic E-state index is 10.7. The van der Waals surface area contributed by atoms with E-state index in [9.17, 15) is 15.0 Å². The Labute approximate surface area is 86.4 Å². The fourth-order valence-corrected chi connectivity index (χ4v) is 1.92. The molecule has 1 heterocycles. The summed E-state index contributed by atoms with van der Waals surface area (Å²) >= 11 is 1.06. The SMILES string of the molecule is CO[C@@H]1O[C@H](CSC(C)=O)[C@@H](O)[C@H]1O. The summed E-state index contributed by atoms with van der Waals surface area (Å²) < 4.78 is 9.99. The van der Waals surface area contributed by atoms with Crippen molar-refractivity contribution in [2.75, 3.05) is 12.9 Å². The first-order valence-corrected chi connectivity index (χ1v) is 5.22. The molecule has 0 bridgehead atoms. The molecule has 0 unspecified atom stereocenters. The van der Waals surface area contributed by atoms with Crippen LogP contribution in [0.5, 0.6) is 0 Å². The molecule has 1 aliphatic heterocycles. The van der Waals surface area contributed by atoms with Gasteiger partial charge in [0.05, 0.1) is 6.10 Å². The van der Waals surface area contributed by atoms with Gasteiger partial charge in [-0.1, -0.05) is 11.8 Å². The summed E-state index contributed by atoms with van der Waals surface area (Å²) in [5.74, 6) is 0.327. The van der Waals surface area contributed by atoms with Gasteiger partial charge in [-0.15, -0.1) is 0 Å². The van der Waals surface area contributed by atoms with E-state index < -0.39 is 24.6 Å². The predicted molar refractivity (Wildman–Crippen MR) is 50.8 cm³/mol. The fourth-order valence-electron chi connectivity index (χ4n) is 1.25. The molecule has 2 N–H and O–H groups in total. The molecule has 6 heteroatoms. The normalized spacial score (nSPS) is 37.4. The molecule has 1 saturated heterocycles. The van der Waals surface area contributed by atoms with E-state index in [4.69, 9.17) is 9.47 Å². The summed E-state index contributed by atoms with van der Waals surface area (Å²) in [6.07, 6.45) is -3.39. The Kier molecular flexibility index (Phi) is 4.33. The van der Waals surface area contributed by atoms with E-state index in [0.717, 1.165) is 11.8 Å². The van der Waals surface area contributed by atoms with Gasteiger partial charge in [0, 0.05) is 19.8 Å². The molecule has 4 atom stereocenters. The number of carbonyl (C=O) groups excluding carboxylic acids is 1. The third kappa shape index (κ3) is 2.68. The summed E-state index contributed by atoms with van der Waals surface area (Å²) in [6, 6.07) is 0. The molecular formula is C8H14O5S. The second-order valence-electron chi connectivity index (χ2n) is 3.06. The molecule has 5 nitrogen and oxygen atoms in total. The van der Waals surface area contributed by atoms with Crippen LogP contribution in [0.2, 0.25) is 0 Å². The van der Waals surface area contributed by atoms with E-state index in [1.807, 2.05) is 0 Å². The zero-order valence-corrected chi connectivity index (χ0v) is 8.86. The highest BCUT2D eigenvalue weighted by Crippen LogP contribution is 2.24. The zero-order chi connectivity index (χ0) is 10.7. The number of aliphatic hydroxyl groups is 2. The Morgan fingerprint density at radius 3 is 2.57 bits per heavy atom. The van der Waals surface area contributed by atoms with Gasteiger partial charge in [-0.3, -0.25) is 4.79 Å². The average Bonchev–Trinajstić information content (AvgIpc) is 2.41. The van der Waals surface area contributed by atoms with E-state index in [1.165, 1.54) is 14.0 Å². The van der Waals surface area contributed by atoms with Crippen LogP contribution in [0.15, 0.2) is 0 Å². The quantitative estimate of drug-likeness (QED) is 0.661. The van der Waals surface area contributed by atoms with Gasteiger partial charge in [-0.05, 0) is 0 Å². The van der Waals surface area contributed by atoms with E-state index in [0.29, 0.717) is 5.75 Å². The highest BCUT2D eigenvalue weighted by Gasteiger charge is 2.42. The Balaban J connectivity index is 2.44. The Morgan fingerprint density at radius 1 is 1.50 bits per heavy atom. The summed E-state index contributed by atoms with van der Waals surface area (Å²) in [5.41, 5.74) is 0. The highest BCUT2D eigenvalue weighted by molar-refractivity contribution is 8.13. The first-order valence-electron chi connectivity index (χ1n) is 4.24. The van der Waals surface area contributed by atoms with Crippen molar-refractivity contribution in [2.24, 2.45) is 0 Å². The first kappa shape index (κ1) is 11.9. The number of aliphatic hydroxyl groups excluding tert-OH is 2. The highest BCUT2D eigenvalue weighted by atomic mass is 32.2. The third-order valence-corrected chi connectivity index (χ3v) is 2.90. The van der Waals surface area contributed by atoms with Crippen LogP contribution in [0.1, 0.15) is 6.92 Å². The average molecular weight is 222 g/mol. The Bertz CT molecular complexity index is 210. The maximum Gasteiger partial charge on any atom is 0.186 e. The van der Waals surface area contributed by atoms with Gasteiger partial charge in [-0.25, -0.2) is 0 Å². The van der Waals surface area contributed by atoms with Crippen molar-refractivity contribution in [2.45, 2.75) is 31.5 Å². The number of thioether (sulfide) groups is 1. The van der Waals surface area contributed by atoms with Crippen LogP contribution in [0.3, 0.4) is 0 Å². The molecule has 0 saturated carbocycles. The monoisotopic (exact) mass is 222 g/mol. The van der Waals surface area contributed by atoms with Crippen LogP contribution in [-0.2, 0) is 14.3 Å². The van der Waals surface area contributed by atoms with Gasteiger partial charge in [0.2, 0.25) is 0 Å². The van der Waals surface area contributed by atoms with Crippen molar-refractivity contribution >= 4 is 16.9 Å². The van der Waals surface area contributed by atoms with E-state index >= 15 is 0 Å². The lowest BCUT2D eigenvalue weighted by Crippen LogP contribution is -2.33. The van der Waals surface area contributed by atoms with E-state index in [2.05, 4.69) is 0 Å². The minimum absolute atomic E-state index is 0.0452. The maximum absolute atomic E-state index is 10.7. The molecule has 14 heavy (non-hydrogen) atoms. The van der Waals surface area contributed by atoms with Gasteiger partial charge in [0.25, 0.3) is 0 Å². The summed E-state index contributed by atoms with van der Waals surface area (Å²) in [6.45, 7) is 1.44. The molecule has 0 aromatic rings. The van der Waals surface area contributed by atoms with Crippen LogP contribution in [0, 0.1) is 0 Å². The molecule has 1 fully saturated rings. The van der Waals surface area contributed by atoms with Crippen LogP contribution in [-0.4, -0.2) is 52.8 Å². The number of methoxy groups -OCH3 is 1. The van der Waals surface area contributed by atoms with Gasteiger partial charge in [0.15, 0.2) is 11.4 Å². The lowest BCUT2D eigenvalue weighted by molar-refractivity contribution is -0.145. The smallest absolute Gasteiger partial charge is 0.186 e. The second-order valence-corrected chi connectivity index (χ2v) is 4.26. The van der Waals surface area contributed by atoms with Gasteiger partial charge in [0.1, 0.15) is 12.2 Å². The number of hydrogen-bond acceptors (Lipinski definition) is 6. The summed E-state index contributed by atoms with van der Waals surface area (Å²) in [5, 5.41) is 18.8. The van der Waals surface area contributed by atoms with Crippen molar-refractivity contribution in [1.29, 1.82) is 0 Å². The van der Waals surface area contributed by atoms with Gasteiger partial charge >= 0.3 is 0 Å². The molecule has 0 aromatic heterocycles. The Hall–Kier alpha value is -0.140. The van der Waals surface area contributed by atoms with Crippen molar-refractivity contribution < 1.29 is 24.5 Å². The molecule has 1 aliphatic rings. The number of hydrogen-bond donors (Lipinski definition) is 2. The molecular weight excluding hydrogens is 208 g/mol. The van der Waals surface area contributed by atoms with Gasteiger partial charge in [-0.2, -0.15) is 0 Å². The molecule has 0 aromatic carbocycles. The van der Waals surface area contributed by atoms with Crippen LogP contribution in [0.4, 0.5) is 0 Å². The predicted octanol–water partition coefficient (Wildman–Crippen LogP) is -0.641. The largest absolute Gasteiger partial charge is 0.387 e. The van der Waals surface area contributed by atoms with E-state index in [1.54, 1.807) is 0 Å². The van der Waals surface area contributed by atoms with Crippen molar-refractivity contribution in [3.8, 4) is 0 Å². The number of carbonyl (C=O) groups is 1. The summed E-state index contributed by atoms with van der Waals surface area (Å²) in [7, 11) is 1.39. The fraction of sp³-hybridized carbons (Fsp3) is 0.875.